The van der Waals surface area contributed by atoms with Crippen LogP contribution in [0.3, 0.4) is 0 Å². The van der Waals surface area contributed by atoms with Crippen molar-refractivity contribution in [3.05, 3.63) is 12.7 Å². The predicted octanol–water partition coefficient (Wildman–Crippen LogP) is -2.62. The van der Waals surface area contributed by atoms with Gasteiger partial charge in [-0.05, 0) is 0 Å². The number of nitrogen functional groups attached to an aromatic ring is 1. The Balaban J connectivity index is 2.06. The number of aliphatic hydroxyl groups is 4. The predicted molar refractivity (Wildman–Crippen MR) is 68.8 cm³/mol. The molecule has 10 heteroatoms. The number of fused-ring (bicyclic) bond motifs is 1. The van der Waals surface area contributed by atoms with Gasteiger partial charge in [0.25, 0.3) is 0 Å². The standard InChI is InChI=1S/C11H15N5O5/c12-8-6-9(14-3-13-8)16(4-15-6)10-7(19)11(20,2-18)5(1-17)21-10/h3-5,7,10,17-20H,1-2H2,(H2,12,13,14)/t5-,7+,10-,11-/m1/s1. The van der Waals surface area contributed by atoms with Crippen molar-refractivity contribution in [2.24, 2.45) is 0 Å². The van der Waals surface area contributed by atoms with Crippen molar-refractivity contribution in [1.29, 1.82) is 0 Å². The Morgan fingerprint density at radius 3 is 2.71 bits per heavy atom. The molecule has 0 saturated carbocycles. The van der Waals surface area contributed by atoms with Gasteiger partial charge in [-0.1, -0.05) is 0 Å². The molecule has 6 N–H and O–H groups in total. The van der Waals surface area contributed by atoms with Gasteiger partial charge in [0, 0.05) is 0 Å². The molecule has 4 atom stereocenters. The van der Waals surface area contributed by atoms with Crippen LogP contribution in [0.4, 0.5) is 5.82 Å². The summed E-state index contributed by atoms with van der Waals surface area (Å²) in [7, 11) is 0. The Hall–Kier alpha value is -1.85. The van der Waals surface area contributed by atoms with E-state index >= 15 is 0 Å². The van der Waals surface area contributed by atoms with Gasteiger partial charge in [-0.15, -0.1) is 0 Å². The smallest absolute Gasteiger partial charge is 0.167 e. The maximum atomic E-state index is 10.2. The monoisotopic (exact) mass is 297 g/mol. The summed E-state index contributed by atoms with van der Waals surface area (Å²) in [5.41, 5.74) is 4.34. The summed E-state index contributed by atoms with van der Waals surface area (Å²) in [5, 5.41) is 39.0. The largest absolute Gasteiger partial charge is 0.394 e. The van der Waals surface area contributed by atoms with Gasteiger partial charge < -0.3 is 30.9 Å². The highest BCUT2D eigenvalue weighted by atomic mass is 16.6. The molecular weight excluding hydrogens is 282 g/mol. The molecule has 3 rings (SSSR count). The molecule has 0 aliphatic carbocycles. The van der Waals surface area contributed by atoms with Crippen LogP contribution < -0.4 is 5.73 Å². The summed E-state index contributed by atoms with van der Waals surface area (Å²) >= 11 is 0. The molecule has 114 valence electrons. The number of aliphatic hydroxyl groups excluding tert-OH is 3. The Bertz CT molecular complexity index is 663. The van der Waals surface area contributed by atoms with E-state index in [0.717, 1.165) is 0 Å². The Morgan fingerprint density at radius 2 is 2.10 bits per heavy atom. The van der Waals surface area contributed by atoms with Crippen LogP contribution in [0, 0.1) is 0 Å². The lowest BCUT2D eigenvalue weighted by Crippen LogP contribution is -2.52. The first-order chi connectivity index (χ1) is 10.0. The second-order valence-corrected chi connectivity index (χ2v) is 4.88. The van der Waals surface area contributed by atoms with Gasteiger partial charge in [0.1, 0.15) is 29.7 Å². The van der Waals surface area contributed by atoms with Gasteiger partial charge in [-0.3, -0.25) is 4.57 Å². The summed E-state index contributed by atoms with van der Waals surface area (Å²) in [6.45, 7) is -1.33. The van der Waals surface area contributed by atoms with Crippen LogP contribution in [-0.2, 0) is 4.74 Å². The molecule has 0 spiro atoms. The zero-order chi connectivity index (χ0) is 15.2. The Labute approximate surface area is 118 Å². The van der Waals surface area contributed by atoms with Crippen molar-refractivity contribution in [3.63, 3.8) is 0 Å². The second-order valence-electron chi connectivity index (χ2n) is 4.88. The molecule has 10 nitrogen and oxygen atoms in total. The van der Waals surface area contributed by atoms with Crippen molar-refractivity contribution >= 4 is 17.0 Å². The van der Waals surface area contributed by atoms with E-state index in [1.807, 2.05) is 0 Å². The van der Waals surface area contributed by atoms with E-state index in [1.165, 1.54) is 17.2 Å². The minimum atomic E-state index is -1.98. The Morgan fingerprint density at radius 1 is 1.33 bits per heavy atom. The van der Waals surface area contributed by atoms with Gasteiger partial charge in [-0.25, -0.2) is 15.0 Å². The van der Waals surface area contributed by atoms with Gasteiger partial charge in [0.2, 0.25) is 0 Å². The van der Waals surface area contributed by atoms with E-state index < -0.39 is 37.3 Å². The number of ether oxygens (including phenoxy) is 1. The van der Waals surface area contributed by atoms with Crippen LogP contribution in [0.15, 0.2) is 12.7 Å². The average molecular weight is 297 g/mol. The summed E-state index contributed by atoms with van der Waals surface area (Å²) in [5.74, 6) is 0.169. The van der Waals surface area contributed by atoms with E-state index in [4.69, 9.17) is 10.5 Å². The van der Waals surface area contributed by atoms with E-state index in [-0.39, 0.29) is 5.82 Å². The number of hydrogen-bond donors (Lipinski definition) is 5. The zero-order valence-electron chi connectivity index (χ0n) is 10.9. The molecule has 0 aromatic carbocycles. The minimum absolute atomic E-state index is 0.169. The van der Waals surface area contributed by atoms with Gasteiger partial charge in [0.15, 0.2) is 17.7 Å². The first-order valence-corrected chi connectivity index (χ1v) is 6.23. The summed E-state index contributed by atoms with van der Waals surface area (Å²) in [6, 6.07) is 0. The molecule has 1 aliphatic heterocycles. The molecule has 1 saturated heterocycles. The first-order valence-electron chi connectivity index (χ1n) is 6.23. The first kappa shape index (κ1) is 14.1. The molecule has 21 heavy (non-hydrogen) atoms. The maximum absolute atomic E-state index is 10.2. The van der Waals surface area contributed by atoms with E-state index in [9.17, 15) is 20.4 Å². The minimum Gasteiger partial charge on any atom is -0.394 e. The molecule has 0 bridgehead atoms. The third-order valence-corrected chi connectivity index (χ3v) is 3.72. The second kappa shape index (κ2) is 4.86. The Kier molecular flexibility index (Phi) is 3.26. The van der Waals surface area contributed by atoms with Crippen molar-refractivity contribution in [3.8, 4) is 0 Å². The van der Waals surface area contributed by atoms with Crippen molar-refractivity contribution in [1.82, 2.24) is 19.5 Å². The van der Waals surface area contributed by atoms with E-state index in [2.05, 4.69) is 15.0 Å². The fourth-order valence-electron chi connectivity index (χ4n) is 2.47. The molecule has 1 fully saturated rings. The highest BCUT2D eigenvalue weighted by molar-refractivity contribution is 5.81. The number of hydrogen-bond acceptors (Lipinski definition) is 9. The molecule has 1 aliphatic rings. The lowest BCUT2D eigenvalue weighted by molar-refractivity contribution is -0.119. The number of imidazole rings is 1. The third-order valence-electron chi connectivity index (χ3n) is 3.72. The fraction of sp³-hybridized carbons (Fsp3) is 0.545. The molecule has 0 amide bonds. The summed E-state index contributed by atoms with van der Waals surface area (Å²) in [6.07, 6.45) is -1.12. The van der Waals surface area contributed by atoms with Crippen LogP contribution >= 0.6 is 0 Å². The fourth-order valence-corrected chi connectivity index (χ4v) is 2.47. The lowest BCUT2D eigenvalue weighted by Gasteiger charge is -2.27. The zero-order valence-corrected chi connectivity index (χ0v) is 10.9. The highest BCUT2D eigenvalue weighted by Crippen LogP contribution is 2.38. The highest BCUT2D eigenvalue weighted by Gasteiger charge is 2.55. The number of nitrogens with zero attached hydrogens (tertiary/aromatic N) is 4. The van der Waals surface area contributed by atoms with Gasteiger partial charge in [0.05, 0.1) is 19.5 Å². The third kappa shape index (κ3) is 1.88. The van der Waals surface area contributed by atoms with Gasteiger partial charge >= 0.3 is 0 Å². The number of nitrogens with two attached hydrogens (primary N) is 1. The van der Waals surface area contributed by atoms with Crippen LogP contribution in [-0.4, -0.2) is 71.0 Å². The quantitative estimate of drug-likeness (QED) is 0.408. The normalized spacial score (nSPS) is 32.9. The number of anilines is 1. The molecule has 2 aromatic rings. The topological polar surface area (TPSA) is 160 Å². The number of rotatable bonds is 3. The van der Waals surface area contributed by atoms with Crippen LogP contribution in [0.1, 0.15) is 6.23 Å². The average Bonchev–Trinajstić information content (AvgIpc) is 3.01. The van der Waals surface area contributed by atoms with Crippen molar-refractivity contribution in [2.75, 3.05) is 18.9 Å². The molecule has 0 unspecified atom stereocenters. The summed E-state index contributed by atoms with van der Waals surface area (Å²) in [4.78, 5) is 11.9. The summed E-state index contributed by atoms with van der Waals surface area (Å²) < 4.78 is 6.80. The maximum Gasteiger partial charge on any atom is 0.167 e. The van der Waals surface area contributed by atoms with Gasteiger partial charge in [-0.2, -0.15) is 0 Å². The van der Waals surface area contributed by atoms with Crippen molar-refractivity contribution < 1.29 is 25.2 Å². The van der Waals surface area contributed by atoms with Crippen LogP contribution in [0.5, 0.6) is 0 Å². The van der Waals surface area contributed by atoms with Crippen LogP contribution in [0.2, 0.25) is 0 Å². The molecule has 3 heterocycles. The molecule has 2 aromatic heterocycles. The molecule has 0 radical (unpaired) electrons. The lowest BCUT2D eigenvalue weighted by atomic mass is 9.93. The van der Waals surface area contributed by atoms with Crippen molar-refractivity contribution in [2.45, 2.75) is 24.0 Å². The van der Waals surface area contributed by atoms with E-state index in [1.54, 1.807) is 0 Å². The molecular formula is C11H15N5O5. The number of aromatic nitrogens is 4. The van der Waals surface area contributed by atoms with E-state index in [0.29, 0.717) is 11.2 Å². The van der Waals surface area contributed by atoms with Crippen LogP contribution in [0.25, 0.3) is 11.2 Å². The SMILES string of the molecule is Nc1ncnc2c1ncn2[C@@H]1O[C@H](CO)[C@](O)(CO)[C@H]1O.